The normalized spacial score (nSPS) is 11.9. The highest BCUT2D eigenvalue weighted by molar-refractivity contribution is 7.99. The summed E-state index contributed by atoms with van der Waals surface area (Å²) in [6, 6.07) is 14.2. The molecule has 6 nitrogen and oxygen atoms in total. The van der Waals surface area contributed by atoms with Crippen LogP contribution in [0, 0.1) is 0 Å². The van der Waals surface area contributed by atoms with Crippen molar-refractivity contribution in [3.63, 3.8) is 0 Å². The number of para-hydroxylation sites is 2. The first kappa shape index (κ1) is 20.2. The van der Waals surface area contributed by atoms with Gasteiger partial charge in [-0.3, -0.25) is 9.59 Å². The number of hydrogen-bond acceptors (Lipinski definition) is 5. The number of halogens is 1. The van der Waals surface area contributed by atoms with E-state index < -0.39 is 12.0 Å². The Hall–Kier alpha value is -2.51. The molecular weight excluding hydrogens is 398 g/mol. The zero-order valence-electron chi connectivity index (χ0n) is 15.3. The third kappa shape index (κ3) is 5.27. The lowest BCUT2D eigenvalue weighted by atomic mass is 10.0. The fourth-order valence-corrected chi connectivity index (χ4v) is 3.71. The zero-order valence-corrected chi connectivity index (χ0v) is 16.8. The number of aromatic nitrogens is 2. The standard InChI is InChI=1S/C20H20ClN3O3S/c1-2-27-19(26)11-17(13-7-3-4-8-14(13)21)22-18(25)12-28-20-23-15-9-5-6-10-16(15)24-20/h3-10,17H,2,11-12H2,1H3,(H,22,25)(H,23,24). The first-order chi connectivity index (χ1) is 13.6. The number of rotatable bonds is 8. The smallest absolute Gasteiger partial charge is 0.308 e. The van der Waals surface area contributed by atoms with E-state index in [2.05, 4.69) is 15.3 Å². The highest BCUT2D eigenvalue weighted by Gasteiger charge is 2.21. The number of amides is 1. The number of benzene rings is 2. The monoisotopic (exact) mass is 417 g/mol. The van der Waals surface area contributed by atoms with Crippen molar-refractivity contribution in [1.82, 2.24) is 15.3 Å². The van der Waals surface area contributed by atoms with E-state index in [1.807, 2.05) is 30.3 Å². The zero-order chi connectivity index (χ0) is 19.9. The predicted molar refractivity (Wildman–Crippen MR) is 110 cm³/mol. The van der Waals surface area contributed by atoms with Gasteiger partial charge in [0, 0.05) is 5.02 Å². The summed E-state index contributed by atoms with van der Waals surface area (Å²) >= 11 is 7.55. The number of H-pyrrole nitrogens is 1. The summed E-state index contributed by atoms with van der Waals surface area (Å²) in [5.41, 5.74) is 2.45. The second-order valence-corrected chi connectivity index (χ2v) is 7.37. The van der Waals surface area contributed by atoms with Crippen molar-refractivity contribution < 1.29 is 14.3 Å². The van der Waals surface area contributed by atoms with Crippen LogP contribution in [0.5, 0.6) is 0 Å². The largest absolute Gasteiger partial charge is 0.466 e. The molecule has 146 valence electrons. The summed E-state index contributed by atoms with van der Waals surface area (Å²) < 4.78 is 5.02. The van der Waals surface area contributed by atoms with Crippen LogP contribution in [-0.2, 0) is 14.3 Å². The summed E-state index contributed by atoms with van der Waals surface area (Å²) in [5.74, 6) is -0.457. The Labute approximate surface area is 172 Å². The van der Waals surface area contributed by atoms with E-state index in [1.165, 1.54) is 11.8 Å². The minimum Gasteiger partial charge on any atom is -0.466 e. The lowest BCUT2D eigenvalue weighted by Gasteiger charge is -2.19. The maximum atomic E-state index is 12.5. The van der Waals surface area contributed by atoms with Crippen molar-refractivity contribution in [2.24, 2.45) is 0 Å². The third-order valence-electron chi connectivity index (χ3n) is 4.00. The van der Waals surface area contributed by atoms with E-state index in [9.17, 15) is 9.59 Å². The Balaban J connectivity index is 1.66. The Morgan fingerprint density at radius 1 is 1.21 bits per heavy atom. The van der Waals surface area contributed by atoms with Crippen molar-refractivity contribution in [1.29, 1.82) is 0 Å². The Morgan fingerprint density at radius 3 is 2.71 bits per heavy atom. The molecule has 28 heavy (non-hydrogen) atoms. The van der Waals surface area contributed by atoms with Gasteiger partial charge in [0.05, 0.1) is 35.9 Å². The Morgan fingerprint density at radius 2 is 1.96 bits per heavy atom. The van der Waals surface area contributed by atoms with Crippen molar-refractivity contribution >= 4 is 46.3 Å². The SMILES string of the molecule is CCOC(=O)CC(NC(=O)CSc1nc2ccccc2[nH]1)c1ccccc1Cl. The van der Waals surface area contributed by atoms with Gasteiger partial charge in [0.2, 0.25) is 5.91 Å². The van der Waals surface area contributed by atoms with Gasteiger partial charge in [0.1, 0.15) is 0 Å². The van der Waals surface area contributed by atoms with Crippen LogP contribution in [0.15, 0.2) is 53.7 Å². The number of esters is 1. The first-order valence-corrected chi connectivity index (χ1v) is 10.2. The van der Waals surface area contributed by atoms with Gasteiger partial charge in [0.15, 0.2) is 5.16 Å². The number of hydrogen-bond donors (Lipinski definition) is 2. The average Bonchev–Trinajstić information content (AvgIpc) is 3.09. The van der Waals surface area contributed by atoms with E-state index in [1.54, 1.807) is 25.1 Å². The van der Waals surface area contributed by atoms with Crippen LogP contribution in [0.4, 0.5) is 0 Å². The highest BCUT2D eigenvalue weighted by atomic mass is 35.5. The van der Waals surface area contributed by atoms with Crippen LogP contribution >= 0.6 is 23.4 Å². The quantitative estimate of drug-likeness (QED) is 0.425. The molecule has 0 radical (unpaired) electrons. The van der Waals surface area contributed by atoms with Gasteiger partial charge in [-0.1, -0.05) is 53.7 Å². The second-order valence-electron chi connectivity index (χ2n) is 6.00. The first-order valence-electron chi connectivity index (χ1n) is 8.83. The van der Waals surface area contributed by atoms with Crippen LogP contribution in [0.1, 0.15) is 24.9 Å². The van der Waals surface area contributed by atoms with E-state index in [0.717, 1.165) is 11.0 Å². The molecule has 3 rings (SSSR count). The highest BCUT2D eigenvalue weighted by Crippen LogP contribution is 2.26. The summed E-state index contributed by atoms with van der Waals surface area (Å²) in [7, 11) is 0. The van der Waals surface area contributed by atoms with Gasteiger partial charge in [-0.2, -0.15) is 0 Å². The molecule has 1 atom stereocenters. The molecule has 2 N–H and O–H groups in total. The number of nitrogens with zero attached hydrogens (tertiary/aromatic N) is 1. The molecule has 2 aromatic carbocycles. The van der Waals surface area contributed by atoms with Gasteiger partial charge in [-0.25, -0.2) is 4.98 Å². The number of carbonyl (C=O) groups is 2. The average molecular weight is 418 g/mol. The molecule has 0 aliphatic rings. The maximum Gasteiger partial charge on any atom is 0.308 e. The lowest BCUT2D eigenvalue weighted by Crippen LogP contribution is -2.32. The fraction of sp³-hybridized carbons (Fsp3) is 0.250. The van der Waals surface area contributed by atoms with Gasteiger partial charge in [-0.15, -0.1) is 0 Å². The van der Waals surface area contributed by atoms with Crippen LogP contribution in [0.25, 0.3) is 11.0 Å². The summed E-state index contributed by atoms with van der Waals surface area (Å²) in [6.07, 6.45) is 0.0125. The number of thioether (sulfide) groups is 1. The van der Waals surface area contributed by atoms with E-state index in [0.29, 0.717) is 15.7 Å². The van der Waals surface area contributed by atoms with Gasteiger partial charge >= 0.3 is 5.97 Å². The van der Waals surface area contributed by atoms with E-state index in [-0.39, 0.29) is 24.7 Å². The van der Waals surface area contributed by atoms with Crippen molar-refractivity contribution in [2.45, 2.75) is 24.5 Å². The maximum absolute atomic E-state index is 12.5. The van der Waals surface area contributed by atoms with Gasteiger partial charge in [0.25, 0.3) is 0 Å². The number of nitrogens with one attached hydrogen (secondary N) is 2. The van der Waals surface area contributed by atoms with Crippen LogP contribution < -0.4 is 5.32 Å². The summed E-state index contributed by atoms with van der Waals surface area (Å²) in [5, 5.41) is 4.03. The molecule has 0 aliphatic carbocycles. The molecular formula is C20H20ClN3O3S. The van der Waals surface area contributed by atoms with Crippen molar-refractivity contribution in [3.05, 3.63) is 59.1 Å². The molecule has 0 spiro atoms. The minimum atomic E-state index is -0.559. The Kier molecular flexibility index (Phi) is 6.95. The molecule has 0 saturated heterocycles. The molecule has 1 heterocycles. The van der Waals surface area contributed by atoms with Crippen LogP contribution in [-0.4, -0.2) is 34.2 Å². The molecule has 1 aromatic heterocycles. The molecule has 1 amide bonds. The number of imidazole rings is 1. The molecule has 8 heteroatoms. The molecule has 0 aliphatic heterocycles. The molecule has 1 unspecified atom stereocenters. The van der Waals surface area contributed by atoms with E-state index >= 15 is 0 Å². The molecule has 0 fully saturated rings. The second kappa shape index (κ2) is 9.61. The van der Waals surface area contributed by atoms with Gasteiger partial charge in [-0.05, 0) is 30.7 Å². The van der Waals surface area contributed by atoms with Crippen molar-refractivity contribution in [3.8, 4) is 0 Å². The third-order valence-corrected chi connectivity index (χ3v) is 5.22. The van der Waals surface area contributed by atoms with Crippen molar-refractivity contribution in [2.75, 3.05) is 12.4 Å². The fourth-order valence-electron chi connectivity index (χ4n) is 2.75. The molecule has 0 bridgehead atoms. The number of carbonyl (C=O) groups excluding carboxylic acids is 2. The number of fused-ring (bicyclic) bond motifs is 1. The van der Waals surface area contributed by atoms with E-state index in [4.69, 9.17) is 16.3 Å². The molecule has 0 saturated carbocycles. The topological polar surface area (TPSA) is 84.1 Å². The summed E-state index contributed by atoms with van der Waals surface area (Å²) in [4.78, 5) is 32.1. The van der Waals surface area contributed by atoms with Crippen LogP contribution in [0.2, 0.25) is 5.02 Å². The lowest BCUT2D eigenvalue weighted by molar-refractivity contribution is -0.143. The minimum absolute atomic E-state index is 0.0125. The summed E-state index contributed by atoms with van der Waals surface area (Å²) in [6.45, 7) is 2.02. The number of aromatic amines is 1. The Bertz CT molecular complexity index is 943. The molecule has 3 aromatic rings. The van der Waals surface area contributed by atoms with Crippen LogP contribution in [0.3, 0.4) is 0 Å². The number of ether oxygens (including phenoxy) is 1. The predicted octanol–water partition coefficient (Wildman–Crippen LogP) is 4.12. The van der Waals surface area contributed by atoms with Gasteiger partial charge < -0.3 is 15.0 Å².